The second-order valence-electron chi connectivity index (χ2n) is 7.32. The molecule has 4 aromatic rings. The Labute approximate surface area is 200 Å². The summed E-state index contributed by atoms with van der Waals surface area (Å²) in [5, 5.41) is 8.09. The summed E-state index contributed by atoms with van der Waals surface area (Å²) in [7, 11) is 0. The summed E-state index contributed by atoms with van der Waals surface area (Å²) in [6.07, 6.45) is 6.97. The fraction of sp³-hybridized carbons (Fsp3) is 0.130. The topological polar surface area (TPSA) is 91.8 Å². The Bertz CT molecular complexity index is 1230. The molecule has 0 fully saturated rings. The van der Waals surface area contributed by atoms with Gasteiger partial charge in [-0.2, -0.15) is 4.98 Å². The van der Waals surface area contributed by atoms with Gasteiger partial charge in [-0.25, -0.2) is 15.0 Å². The van der Waals surface area contributed by atoms with E-state index in [-0.39, 0.29) is 0 Å². The van der Waals surface area contributed by atoms with Crippen LogP contribution in [0.2, 0.25) is 0 Å². The molecule has 164 valence electrons. The van der Waals surface area contributed by atoms with Gasteiger partial charge in [0.25, 0.3) is 0 Å². The molecular formula is C23H20N8S2. The molecule has 0 spiro atoms. The highest BCUT2D eigenvalue weighted by Gasteiger charge is 2.21. The van der Waals surface area contributed by atoms with Crippen molar-refractivity contribution >= 4 is 40.9 Å². The number of nitrogens with one attached hydrogen (secondary N) is 2. The van der Waals surface area contributed by atoms with Crippen LogP contribution in [0.1, 0.15) is 16.7 Å². The lowest BCUT2D eigenvalue weighted by Crippen LogP contribution is -2.29. The van der Waals surface area contributed by atoms with Gasteiger partial charge in [-0.3, -0.25) is 4.98 Å². The van der Waals surface area contributed by atoms with Crippen LogP contribution in [0.4, 0.5) is 11.8 Å². The Morgan fingerprint density at radius 3 is 2.48 bits per heavy atom. The average molecular weight is 473 g/mol. The van der Waals surface area contributed by atoms with Gasteiger partial charge in [-0.05, 0) is 52.8 Å². The van der Waals surface area contributed by atoms with Gasteiger partial charge >= 0.3 is 0 Å². The number of hydrogen-bond donors (Lipinski definition) is 2. The second-order valence-corrected chi connectivity index (χ2v) is 8.71. The Balaban J connectivity index is 1.36. The number of aromatic nitrogens is 5. The van der Waals surface area contributed by atoms with E-state index in [2.05, 4.69) is 59.7 Å². The van der Waals surface area contributed by atoms with E-state index in [1.807, 2.05) is 18.2 Å². The molecule has 0 aliphatic carbocycles. The minimum absolute atomic E-state index is 0.422. The lowest BCUT2D eigenvalue weighted by atomic mass is 10.1. The van der Waals surface area contributed by atoms with Crippen molar-refractivity contribution in [1.82, 2.24) is 30.2 Å². The van der Waals surface area contributed by atoms with Gasteiger partial charge in [-0.1, -0.05) is 30.3 Å². The van der Waals surface area contributed by atoms with Crippen LogP contribution in [-0.4, -0.2) is 30.0 Å². The van der Waals surface area contributed by atoms with Gasteiger partial charge in [0.1, 0.15) is 10.8 Å². The van der Waals surface area contributed by atoms with Crippen LogP contribution in [-0.2, 0) is 19.6 Å². The summed E-state index contributed by atoms with van der Waals surface area (Å²) < 4.78 is 0. The minimum atomic E-state index is 0.422. The molecule has 0 bridgehead atoms. The smallest absolute Gasteiger partial charge is 0.232 e. The summed E-state index contributed by atoms with van der Waals surface area (Å²) >= 11 is 6.86. The quantitative estimate of drug-likeness (QED) is 0.245. The number of pyridine rings is 1. The van der Waals surface area contributed by atoms with E-state index < -0.39 is 0 Å². The molecule has 1 aliphatic rings. The normalized spacial score (nSPS) is 12.3. The zero-order valence-corrected chi connectivity index (χ0v) is 19.2. The van der Waals surface area contributed by atoms with Crippen LogP contribution < -0.4 is 15.5 Å². The van der Waals surface area contributed by atoms with Gasteiger partial charge in [-0.15, -0.1) is 0 Å². The Hall–Kier alpha value is -3.63. The van der Waals surface area contributed by atoms with Gasteiger partial charge in [0.2, 0.25) is 5.95 Å². The molecule has 0 saturated heterocycles. The number of anilines is 2. The molecule has 0 atom stereocenters. The first-order chi connectivity index (χ1) is 16.2. The fourth-order valence-electron chi connectivity index (χ4n) is 3.44. The second kappa shape index (κ2) is 9.88. The predicted octanol–water partition coefficient (Wildman–Crippen LogP) is 3.82. The SMILES string of the molecule is S=C(NCc1cccnc1)Nc1nc(Sc2ncccn2)cc(N2Cc3ccccc3C2)n1. The molecule has 2 N–H and O–H groups in total. The summed E-state index contributed by atoms with van der Waals surface area (Å²) in [6.45, 7) is 2.14. The molecule has 8 nitrogen and oxygen atoms in total. The summed E-state index contributed by atoms with van der Waals surface area (Å²) in [5.41, 5.74) is 3.64. The van der Waals surface area contributed by atoms with Gasteiger partial charge in [0.15, 0.2) is 10.3 Å². The zero-order chi connectivity index (χ0) is 22.5. The van der Waals surface area contributed by atoms with E-state index in [9.17, 15) is 0 Å². The first-order valence-corrected chi connectivity index (χ1v) is 11.5. The van der Waals surface area contributed by atoms with Gasteiger partial charge < -0.3 is 15.5 Å². The van der Waals surface area contributed by atoms with Crippen LogP contribution in [0.3, 0.4) is 0 Å². The average Bonchev–Trinajstić information content (AvgIpc) is 3.29. The molecule has 10 heteroatoms. The highest BCUT2D eigenvalue weighted by Crippen LogP contribution is 2.31. The first kappa shape index (κ1) is 21.2. The van der Waals surface area contributed by atoms with E-state index in [1.165, 1.54) is 22.9 Å². The predicted molar refractivity (Wildman–Crippen MR) is 132 cm³/mol. The van der Waals surface area contributed by atoms with Crippen LogP contribution >= 0.6 is 24.0 Å². The van der Waals surface area contributed by atoms with Crippen LogP contribution in [0.5, 0.6) is 0 Å². The third kappa shape index (κ3) is 5.41. The van der Waals surface area contributed by atoms with E-state index in [0.717, 1.165) is 29.5 Å². The van der Waals surface area contributed by atoms with Crippen molar-refractivity contribution in [2.24, 2.45) is 0 Å². The highest BCUT2D eigenvalue weighted by molar-refractivity contribution is 7.99. The van der Waals surface area contributed by atoms with Gasteiger partial charge in [0, 0.05) is 50.5 Å². The highest BCUT2D eigenvalue weighted by atomic mass is 32.2. The maximum absolute atomic E-state index is 5.48. The Morgan fingerprint density at radius 2 is 1.76 bits per heavy atom. The largest absolute Gasteiger partial charge is 0.358 e. The van der Waals surface area contributed by atoms with E-state index in [1.54, 1.807) is 30.9 Å². The zero-order valence-electron chi connectivity index (χ0n) is 17.5. The summed E-state index contributed by atoms with van der Waals surface area (Å²) in [4.78, 5) is 24.3. The molecule has 33 heavy (non-hydrogen) atoms. The molecule has 1 aromatic carbocycles. The first-order valence-electron chi connectivity index (χ1n) is 10.3. The number of nitrogens with zero attached hydrogens (tertiary/aromatic N) is 6. The van der Waals surface area contributed by atoms with Crippen molar-refractivity contribution in [2.75, 3.05) is 10.2 Å². The standard InChI is InChI=1S/C23H20N8S2/c32-22(27-13-16-5-3-8-24-12-16)30-21-28-19(31-14-17-6-1-2-7-18(17)15-31)11-20(29-21)33-23-25-9-4-10-26-23/h1-12H,13-15H2,(H2,27,28,29,30,32). The lowest BCUT2D eigenvalue weighted by Gasteiger charge is -2.18. The van der Waals surface area contributed by atoms with Crippen molar-refractivity contribution in [2.45, 2.75) is 29.8 Å². The fourth-order valence-corrected chi connectivity index (χ4v) is 4.31. The minimum Gasteiger partial charge on any atom is -0.358 e. The number of thiocarbonyl (C=S) groups is 1. The Morgan fingerprint density at radius 1 is 0.970 bits per heavy atom. The molecule has 1 aliphatic heterocycles. The third-order valence-electron chi connectivity index (χ3n) is 4.99. The maximum atomic E-state index is 5.48. The number of rotatable bonds is 6. The van der Waals surface area contributed by atoms with Gasteiger partial charge in [0.05, 0.1) is 0 Å². The van der Waals surface area contributed by atoms with E-state index >= 15 is 0 Å². The number of fused-ring (bicyclic) bond motifs is 1. The molecular weight excluding hydrogens is 452 g/mol. The maximum Gasteiger partial charge on any atom is 0.232 e. The molecule has 0 unspecified atom stereocenters. The summed E-state index contributed by atoms with van der Waals surface area (Å²) in [6, 6.07) is 16.1. The van der Waals surface area contributed by atoms with Crippen LogP contribution in [0.15, 0.2) is 83.5 Å². The molecule has 0 amide bonds. The van der Waals surface area contributed by atoms with Crippen molar-refractivity contribution in [3.05, 3.63) is 90.0 Å². The molecule has 0 radical (unpaired) electrons. The van der Waals surface area contributed by atoms with Crippen molar-refractivity contribution < 1.29 is 0 Å². The van der Waals surface area contributed by atoms with Crippen LogP contribution in [0.25, 0.3) is 0 Å². The number of hydrogen-bond acceptors (Lipinski definition) is 8. The van der Waals surface area contributed by atoms with E-state index in [4.69, 9.17) is 17.2 Å². The van der Waals surface area contributed by atoms with Crippen molar-refractivity contribution in [3.63, 3.8) is 0 Å². The Kier molecular flexibility index (Phi) is 6.36. The molecule has 3 aromatic heterocycles. The molecule has 0 saturated carbocycles. The number of benzene rings is 1. The molecule has 4 heterocycles. The van der Waals surface area contributed by atoms with Crippen molar-refractivity contribution in [3.8, 4) is 0 Å². The van der Waals surface area contributed by atoms with E-state index in [0.29, 0.717) is 22.8 Å². The third-order valence-corrected chi connectivity index (χ3v) is 6.05. The van der Waals surface area contributed by atoms with Crippen LogP contribution in [0, 0.1) is 0 Å². The van der Waals surface area contributed by atoms with Crippen molar-refractivity contribution in [1.29, 1.82) is 0 Å². The molecule has 5 rings (SSSR count). The summed E-state index contributed by atoms with van der Waals surface area (Å²) in [5.74, 6) is 1.24. The monoisotopic (exact) mass is 472 g/mol. The lowest BCUT2D eigenvalue weighted by molar-refractivity contribution is 0.842.